The zero-order valence-corrected chi connectivity index (χ0v) is 8.09. The number of carboxylic acids is 1. The van der Waals surface area contributed by atoms with Gasteiger partial charge in [0.25, 0.3) is 5.69 Å². The number of hydrogen-bond acceptors (Lipinski definition) is 3. The molecule has 84 valence electrons. The quantitative estimate of drug-likeness (QED) is 0.629. The molecule has 2 atom stereocenters. The van der Waals surface area contributed by atoms with Crippen molar-refractivity contribution in [3.8, 4) is 0 Å². The zero-order valence-electron chi connectivity index (χ0n) is 8.09. The van der Waals surface area contributed by atoms with Crippen molar-refractivity contribution in [1.29, 1.82) is 0 Å². The molecule has 0 radical (unpaired) electrons. The molecule has 6 heteroatoms. The van der Waals surface area contributed by atoms with Gasteiger partial charge in [-0.2, -0.15) is 0 Å². The van der Waals surface area contributed by atoms with E-state index in [1.54, 1.807) is 0 Å². The molecule has 1 N–H and O–H groups in total. The first-order valence-electron chi connectivity index (χ1n) is 4.67. The van der Waals surface area contributed by atoms with Gasteiger partial charge >= 0.3 is 5.97 Å². The molecular weight excluding hydrogens is 217 g/mol. The van der Waals surface area contributed by atoms with Crippen molar-refractivity contribution in [3.05, 3.63) is 39.7 Å². The number of carboxylic acid groups (broad SMARTS) is 1. The van der Waals surface area contributed by atoms with Gasteiger partial charge in [0.15, 0.2) is 0 Å². The molecule has 5 nitrogen and oxygen atoms in total. The van der Waals surface area contributed by atoms with Crippen LogP contribution in [0.4, 0.5) is 10.1 Å². The molecule has 0 bridgehead atoms. The molecule has 1 aromatic rings. The number of hydrogen-bond donors (Lipinski definition) is 1. The Bertz CT molecular complexity index is 474. The second-order valence-electron chi connectivity index (χ2n) is 3.75. The Balaban J connectivity index is 2.31. The van der Waals surface area contributed by atoms with E-state index >= 15 is 0 Å². The van der Waals surface area contributed by atoms with E-state index < -0.39 is 28.5 Å². The summed E-state index contributed by atoms with van der Waals surface area (Å²) >= 11 is 0. The summed E-state index contributed by atoms with van der Waals surface area (Å²) in [5.41, 5.74) is -0.0889. The van der Waals surface area contributed by atoms with Crippen molar-refractivity contribution in [2.75, 3.05) is 0 Å². The second kappa shape index (κ2) is 3.55. The van der Waals surface area contributed by atoms with Crippen LogP contribution in [-0.2, 0) is 4.79 Å². The highest BCUT2D eigenvalue weighted by molar-refractivity contribution is 5.75. The molecule has 0 amide bonds. The first-order chi connectivity index (χ1) is 7.50. The van der Waals surface area contributed by atoms with Crippen LogP contribution in [0, 0.1) is 21.8 Å². The molecule has 0 spiro atoms. The maximum atomic E-state index is 13.3. The van der Waals surface area contributed by atoms with Gasteiger partial charge in [-0.15, -0.1) is 0 Å². The molecule has 2 unspecified atom stereocenters. The summed E-state index contributed by atoms with van der Waals surface area (Å²) < 4.78 is 13.3. The predicted octanol–water partition coefficient (Wildman–Crippen LogP) is 1.92. The Labute approximate surface area is 89.7 Å². The highest BCUT2D eigenvalue weighted by atomic mass is 19.1. The van der Waals surface area contributed by atoms with Crippen LogP contribution in [0.15, 0.2) is 18.2 Å². The third-order valence-electron chi connectivity index (χ3n) is 2.70. The molecule has 2 rings (SSSR count). The number of rotatable bonds is 3. The maximum Gasteiger partial charge on any atom is 0.307 e. The number of carbonyl (C=O) groups is 1. The van der Waals surface area contributed by atoms with Gasteiger partial charge in [-0.25, -0.2) is 4.39 Å². The van der Waals surface area contributed by atoms with Crippen molar-refractivity contribution < 1.29 is 19.2 Å². The molecule has 1 aliphatic carbocycles. The summed E-state index contributed by atoms with van der Waals surface area (Å²) in [6.45, 7) is 0. The lowest BCUT2D eigenvalue weighted by atomic mass is 10.1. The number of non-ortho nitro benzene ring substituents is 1. The number of nitrogens with zero attached hydrogens (tertiary/aromatic N) is 1. The SMILES string of the molecule is O=C(O)C1CC1c1cc([N+](=O)[O-])ccc1F. The van der Waals surface area contributed by atoms with Crippen LogP contribution in [0.25, 0.3) is 0 Å². The molecule has 1 saturated carbocycles. The van der Waals surface area contributed by atoms with Crippen molar-refractivity contribution >= 4 is 11.7 Å². The number of aliphatic carboxylic acids is 1. The Kier molecular flexibility index (Phi) is 2.34. The van der Waals surface area contributed by atoms with E-state index in [2.05, 4.69) is 0 Å². The van der Waals surface area contributed by atoms with Crippen molar-refractivity contribution in [3.63, 3.8) is 0 Å². The Hall–Kier alpha value is -1.98. The lowest BCUT2D eigenvalue weighted by molar-refractivity contribution is -0.385. The van der Waals surface area contributed by atoms with E-state index in [4.69, 9.17) is 5.11 Å². The average Bonchev–Trinajstić information content (AvgIpc) is 2.97. The Morgan fingerprint density at radius 2 is 2.25 bits per heavy atom. The predicted molar refractivity (Wildman–Crippen MR) is 51.5 cm³/mol. The van der Waals surface area contributed by atoms with Gasteiger partial charge in [-0.1, -0.05) is 0 Å². The van der Waals surface area contributed by atoms with Gasteiger partial charge in [0.05, 0.1) is 10.8 Å². The van der Waals surface area contributed by atoms with Gasteiger partial charge in [0, 0.05) is 18.1 Å². The van der Waals surface area contributed by atoms with Crippen LogP contribution in [0.2, 0.25) is 0 Å². The monoisotopic (exact) mass is 225 g/mol. The van der Waals surface area contributed by atoms with E-state index in [9.17, 15) is 19.3 Å². The van der Waals surface area contributed by atoms with Crippen LogP contribution in [0.3, 0.4) is 0 Å². The summed E-state index contributed by atoms with van der Waals surface area (Å²) in [5, 5.41) is 19.2. The van der Waals surface area contributed by atoms with E-state index in [0.717, 1.165) is 18.2 Å². The zero-order chi connectivity index (χ0) is 11.9. The first kappa shape index (κ1) is 10.5. The van der Waals surface area contributed by atoms with Gasteiger partial charge in [-0.05, 0) is 18.1 Å². The smallest absolute Gasteiger partial charge is 0.307 e. The second-order valence-corrected chi connectivity index (χ2v) is 3.75. The fourth-order valence-corrected chi connectivity index (χ4v) is 1.74. The summed E-state index contributed by atoms with van der Waals surface area (Å²) in [5.74, 6) is -2.62. The molecule has 16 heavy (non-hydrogen) atoms. The lowest BCUT2D eigenvalue weighted by Crippen LogP contribution is -2.00. The molecule has 0 aromatic heterocycles. The molecule has 0 heterocycles. The fraction of sp³-hybridized carbons (Fsp3) is 0.300. The van der Waals surface area contributed by atoms with Crippen LogP contribution in [0.1, 0.15) is 17.9 Å². The third kappa shape index (κ3) is 1.73. The van der Waals surface area contributed by atoms with Gasteiger partial charge in [0.1, 0.15) is 5.82 Å². The molecule has 0 saturated heterocycles. The first-order valence-corrected chi connectivity index (χ1v) is 4.67. The highest BCUT2D eigenvalue weighted by Crippen LogP contribution is 2.48. The largest absolute Gasteiger partial charge is 0.481 e. The van der Waals surface area contributed by atoms with Crippen LogP contribution in [0.5, 0.6) is 0 Å². The summed E-state index contributed by atoms with van der Waals surface area (Å²) in [7, 11) is 0. The van der Waals surface area contributed by atoms with Crippen LogP contribution in [-0.4, -0.2) is 16.0 Å². The molecule has 1 aromatic carbocycles. The van der Waals surface area contributed by atoms with E-state index in [-0.39, 0.29) is 11.3 Å². The third-order valence-corrected chi connectivity index (χ3v) is 2.70. The van der Waals surface area contributed by atoms with Crippen LogP contribution >= 0.6 is 0 Å². The van der Waals surface area contributed by atoms with E-state index in [1.807, 2.05) is 0 Å². The van der Waals surface area contributed by atoms with Crippen molar-refractivity contribution in [2.24, 2.45) is 5.92 Å². The molecule has 1 aliphatic rings. The van der Waals surface area contributed by atoms with Crippen LogP contribution < -0.4 is 0 Å². The maximum absolute atomic E-state index is 13.3. The Morgan fingerprint density at radius 3 is 2.75 bits per heavy atom. The minimum atomic E-state index is -0.990. The minimum Gasteiger partial charge on any atom is -0.481 e. The lowest BCUT2D eigenvalue weighted by Gasteiger charge is -2.00. The number of halogens is 1. The van der Waals surface area contributed by atoms with E-state index in [0.29, 0.717) is 6.42 Å². The normalized spacial score (nSPS) is 22.8. The van der Waals surface area contributed by atoms with Crippen molar-refractivity contribution in [2.45, 2.75) is 12.3 Å². The Morgan fingerprint density at radius 1 is 1.56 bits per heavy atom. The number of benzene rings is 1. The topological polar surface area (TPSA) is 80.4 Å². The fourth-order valence-electron chi connectivity index (χ4n) is 1.74. The molecular formula is C10H8FNO4. The molecule has 1 fully saturated rings. The average molecular weight is 225 g/mol. The van der Waals surface area contributed by atoms with Gasteiger partial charge in [-0.3, -0.25) is 14.9 Å². The summed E-state index contributed by atoms with van der Waals surface area (Å²) in [6, 6.07) is 3.19. The summed E-state index contributed by atoms with van der Waals surface area (Å²) in [4.78, 5) is 20.5. The molecule has 0 aliphatic heterocycles. The number of nitro benzene ring substituents is 1. The summed E-state index contributed by atoms with van der Waals surface area (Å²) in [6.07, 6.45) is 0.341. The van der Waals surface area contributed by atoms with Gasteiger partial charge < -0.3 is 5.11 Å². The number of nitro groups is 1. The van der Waals surface area contributed by atoms with Gasteiger partial charge in [0.2, 0.25) is 0 Å². The highest BCUT2D eigenvalue weighted by Gasteiger charge is 2.45. The van der Waals surface area contributed by atoms with E-state index in [1.165, 1.54) is 0 Å². The standard InChI is InChI=1S/C10H8FNO4/c11-9-2-1-5(12(15)16)3-7(9)6-4-8(6)10(13)14/h1-3,6,8H,4H2,(H,13,14). The van der Waals surface area contributed by atoms with Crippen molar-refractivity contribution in [1.82, 2.24) is 0 Å². The minimum absolute atomic E-state index is 0.126.